The molecule has 103 valence electrons. The Balaban J connectivity index is -0.0000000400. The van der Waals surface area contributed by atoms with Crippen LogP contribution in [0, 0.1) is 0 Å². The third-order valence-corrected chi connectivity index (χ3v) is 0. The molecule has 0 saturated carbocycles. The van der Waals surface area contributed by atoms with Gasteiger partial charge in [-0.1, -0.05) is 0 Å². The van der Waals surface area contributed by atoms with Gasteiger partial charge in [-0.2, -0.15) is 0 Å². The summed E-state index contributed by atoms with van der Waals surface area (Å²) in [5.74, 6) is 0. The summed E-state index contributed by atoms with van der Waals surface area (Å²) in [6.45, 7) is 0. The molecule has 3 radical (unpaired) electrons. The van der Waals surface area contributed by atoms with E-state index in [0.29, 0.717) is 0 Å². The van der Waals surface area contributed by atoms with Crippen LogP contribution in [0.2, 0.25) is 0 Å². The van der Waals surface area contributed by atoms with Crippen LogP contribution >= 0.6 is 0 Å². The summed E-state index contributed by atoms with van der Waals surface area (Å²) < 4.78 is 104. The molecule has 0 spiro atoms. The molecule has 0 amide bonds. The van der Waals surface area contributed by atoms with Crippen LogP contribution < -0.4 is 22.6 Å². The molecule has 0 aliphatic carbocycles. The second-order valence-electron chi connectivity index (χ2n) is 1.22. The van der Waals surface area contributed by atoms with E-state index in [1.54, 1.807) is 0 Å². The Labute approximate surface area is 134 Å². The molecule has 0 aliphatic rings. The molecule has 0 aromatic heterocycles. The summed E-state index contributed by atoms with van der Waals surface area (Å²) in [5.41, 5.74) is 0. The first-order valence-electron chi connectivity index (χ1n) is 2.00. The zero-order chi connectivity index (χ0) is 13.5. The van der Waals surface area contributed by atoms with Crippen molar-refractivity contribution in [2.75, 3.05) is 0 Å². The van der Waals surface area contributed by atoms with Gasteiger partial charge in [-0.05, 0) is 0 Å². The normalized spacial score (nSPS) is 10.2. The molecule has 0 rings (SSSR count). The van der Waals surface area contributed by atoms with Crippen molar-refractivity contribution in [1.29, 1.82) is 0 Å². The third kappa shape index (κ3) is 1130. The summed E-state index contributed by atoms with van der Waals surface area (Å²) in [6, 6.07) is 0. The maximum absolute atomic E-state index is 8.65. The van der Waals surface area contributed by atoms with Gasteiger partial charge in [-0.25, -0.2) is 0 Å². The molecule has 0 aromatic rings. The van der Waals surface area contributed by atoms with Crippen molar-refractivity contribution in [3.8, 4) is 0 Å². The third-order valence-electron chi connectivity index (χ3n) is 0. The molecule has 0 N–H and O–H groups in total. The van der Waals surface area contributed by atoms with E-state index in [-0.39, 0.29) is 43.3 Å². The average Bonchev–Trinajstić information content (AvgIpc) is 1.41. The second-order valence-corrected chi connectivity index (χ2v) is 10.0. The van der Waals surface area contributed by atoms with Crippen molar-refractivity contribution < 1.29 is 110 Å². The fourth-order valence-electron chi connectivity index (χ4n) is 0. The minimum atomic E-state index is -6.17. The first kappa shape index (κ1) is 31.4. The van der Waals surface area contributed by atoms with Crippen LogP contribution in [0.15, 0.2) is 0 Å². The van der Waals surface area contributed by atoms with E-state index in [9.17, 15) is 0 Å². The van der Waals surface area contributed by atoms with Crippen LogP contribution in [-0.2, 0) is 87.7 Å². The van der Waals surface area contributed by atoms with Gasteiger partial charge in [0.05, 0.1) is 0 Å². The van der Waals surface area contributed by atoms with E-state index in [0.717, 1.165) is 0 Å². The molecule has 0 fully saturated rings. The van der Waals surface area contributed by atoms with Gasteiger partial charge in [0.2, 0.25) is 0 Å². The van der Waals surface area contributed by atoms with Crippen molar-refractivity contribution >= 4 is 26.2 Å². The van der Waals surface area contributed by atoms with E-state index in [4.69, 9.17) is 42.9 Å². The van der Waals surface area contributed by atoms with Gasteiger partial charge in [0.15, 0.2) is 0 Å². The van der Waals surface area contributed by atoms with Crippen LogP contribution in [0.3, 0.4) is 0 Å². The van der Waals surface area contributed by atoms with Crippen molar-refractivity contribution in [3.05, 3.63) is 0 Å². The predicted molar refractivity (Wildman–Crippen MR) is 9.87 cm³/mol. The summed E-state index contributed by atoms with van der Waals surface area (Å²) in [6.07, 6.45) is 0. The van der Waals surface area contributed by atoms with Gasteiger partial charge in [0.1, 0.15) is 0 Å². The fourth-order valence-corrected chi connectivity index (χ4v) is 0. The minimum absolute atomic E-state index is 0. The molecule has 0 aliphatic heterocycles. The Kier molecular flexibility index (Phi) is 24.1. The molecule has 17 heavy (non-hydrogen) atoms. The van der Waals surface area contributed by atoms with Gasteiger partial charge in [0, 0.05) is 0 Å². The van der Waals surface area contributed by atoms with E-state index in [1.807, 2.05) is 0 Å². The Morgan fingerprint density at radius 1 is 0.471 bits per heavy atom. The van der Waals surface area contributed by atoms with Crippen molar-refractivity contribution in [1.82, 2.24) is 0 Å². The summed E-state index contributed by atoms with van der Waals surface area (Å²) >= 11 is -18.5. The van der Waals surface area contributed by atoms with E-state index >= 15 is 0 Å². The Morgan fingerprint density at radius 3 is 0.471 bits per heavy atom. The standard InChI is InChI=1S/Bi.Fe.12O.3W/q2*+3;;;;;;;6*-1;;;. The molecular formula is BiFeO12W3. The second kappa shape index (κ2) is 13.0. The SMILES string of the molecule is [Bi+3].[Fe+3].[O]=[W](=[O])([O-])[O-].[O]=[W](=[O])([O-])[O-].[O]=[W](=[O])([O-])[O-]. The fraction of sp³-hybridized carbons (Fsp3) is 0. The number of hydrogen-bond acceptors (Lipinski definition) is 12. The van der Waals surface area contributed by atoms with Crippen LogP contribution in [0.4, 0.5) is 0 Å². The zero-order valence-corrected chi connectivity index (χ0v) is 20.3. The molecule has 0 aromatic carbocycles. The summed E-state index contributed by atoms with van der Waals surface area (Å²) in [5, 5.41) is 0. The van der Waals surface area contributed by atoms with E-state index < -0.39 is 50.2 Å². The van der Waals surface area contributed by atoms with Gasteiger partial charge < -0.3 is 0 Å². The van der Waals surface area contributed by atoms with Gasteiger partial charge in [-0.3, -0.25) is 0 Å². The molecule has 0 bridgehead atoms. The van der Waals surface area contributed by atoms with Gasteiger partial charge in [0.25, 0.3) is 0 Å². The number of rotatable bonds is 0. The Morgan fingerprint density at radius 2 is 0.471 bits per heavy atom. The number of hydrogen-bond donors (Lipinski definition) is 0. The summed E-state index contributed by atoms with van der Waals surface area (Å²) in [4.78, 5) is 0. The van der Waals surface area contributed by atoms with Gasteiger partial charge in [-0.15, -0.1) is 0 Å². The van der Waals surface area contributed by atoms with Crippen molar-refractivity contribution in [2.45, 2.75) is 0 Å². The summed E-state index contributed by atoms with van der Waals surface area (Å²) in [7, 11) is 0. The molecular weight excluding hydrogens is 1010 g/mol. The van der Waals surface area contributed by atoms with E-state index in [2.05, 4.69) is 0 Å². The topological polar surface area (TPSA) is 241 Å². The van der Waals surface area contributed by atoms with Crippen LogP contribution in [0.1, 0.15) is 0 Å². The molecule has 17 heteroatoms. The maximum atomic E-state index is 8.65. The van der Waals surface area contributed by atoms with Crippen LogP contribution in [0.5, 0.6) is 0 Å². The van der Waals surface area contributed by atoms with Crippen molar-refractivity contribution in [3.63, 3.8) is 0 Å². The first-order valence-corrected chi connectivity index (χ1v) is 16.4. The average molecular weight is 1010 g/mol. The van der Waals surface area contributed by atoms with Gasteiger partial charge >= 0.3 is 136 Å². The molecule has 0 saturated heterocycles. The quantitative estimate of drug-likeness (QED) is 0.206. The van der Waals surface area contributed by atoms with Crippen LogP contribution in [-0.4, -0.2) is 26.2 Å². The van der Waals surface area contributed by atoms with Crippen LogP contribution in [0.25, 0.3) is 0 Å². The molecule has 0 atom stereocenters. The molecule has 12 nitrogen and oxygen atoms in total. The molecule has 0 heterocycles. The van der Waals surface area contributed by atoms with Crippen molar-refractivity contribution in [2.24, 2.45) is 0 Å². The Hall–Kier alpha value is 2.03. The zero-order valence-electron chi connectivity index (χ0n) is 6.92. The first-order chi connectivity index (χ1) is 6.00. The molecule has 0 unspecified atom stereocenters. The van der Waals surface area contributed by atoms with E-state index in [1.165, 1.54) is 0 Å². The predicted octanol–water partition coefficient (Wildman–Crippen LogP) is -8.24. The monoisotopic (exact) mass is 1010 g/mol. The Bertz CT molecular complexity index is 343.